The SMILES string of the molecule is Cc1nn(CC(C)(N)C(=O)OC(C)(C)C)c(C)c1Cl. The van der Waals surface area contributed by atoms with Crippen LogP contribution < -0.4 is 5.73 Å². The van der Waals surface area contributed by atoms with Crippen LogP contribution in [0, 0.1) is 13.8 Å². The van der Waals surface area contributed by atoms with Crippen molar-refractivity contribution in [2.75, 3.05) is 0 Å². The van der Waals surface area contributed by atoms with Crippen molar-refractivity contribution in [1.29, 1.82) is 0 Å². The van der Waals surface area contributed by atoms with Crippen molar-refractivity contribution in [3.05, 3.63) is 16.4 Å². The molecule has 1 rings (SSSR count). The summed E-state index contributed by atoms with van der Waals surface area (Å²) in [5.74, 6) is -0.455. The number of esters is 1. The van der Waals surface area contributed by atoms with Crippen LogP contribution in [0.3, 0.4) is 0 Å². The smallest absolute Gasteiger partial charge is 0.328 e. The lowest BCUT2D eigenvalue weighted by Crippen LogP contribution is -2.51. The van der Waals surface area contributed by atoms with E-state index in [1.54, 1.807) is 32.4 Å². The monoisotopic (exact) mass is 287 g/mol. The topological polar surface area (TPSA) is 70.1 Å². The third-order valence-corrected chi connectivity index (χ3v) is 3.18. The number of ether oxygens (including phenoxy) is 1. The average Bonchev–Trinajstić information content (AvgIpc) is 2.43. The fraction of sp³-hybridized carbons (Fsp3) is 0.692. The second kappa shape index (κ2) is 5.13. The first-order valence-electron chi connectivity index (χ1n) is 6.16. The highest BCUT2D eigenvalue weighted by Crippen LogP contribution is 2.21. The third-order valence-electron chi connectivity index (χ3n) is 2.64. The summed E-state index contributed by atoms with van der Waals surface area (Å²) in [5, 5.41) is 4.87. The molecule has 0 saturated heterocycles. The van der Waals surface area contributed by atoms with Gasteiger partial charge in [-0.15, -0.1) is 0 Å². The van der Waals surface area contributed by atoms with Crippen molar-refractivity contribution in [1.82, 2.24) is 9.78 Å². The van der Waals surface area contributed by atoms with Crippen LogP contribution in [0.25, 0.3) is 0 Å². The number of aromatic nitrogens is 2. The zero-order valence-corrected chi connectivity index (χ0v) is 13.1. The zero-order valence-electron chi connectivity index (χ0n) is 12.4. The summed E-state index contributed by atoms with van der Waals surface area (Å²) in [6.45, 7) is 10.9. The summed E-state index contributed by atoms with van der Waals surface area (Å²) >= 11 is 6.07. The molecule has 0 aromatic carbocycles. The van der Waals surface area contributed by atoms with Gasteiger partial charge in [0.2, 0.25) is 0 Å². The van der Waals surface area contributed by atoms with E-state index in [0.717, 1.165) is 11.4 Å². The molecule has 0 bridgehead atoms. The summed E-state index contributed by atoms with van der Waals surface area (Å²) in [6.07, 6.45) is 0. The summed E-state index contributed by atoms with van der Waals surface area (Å²) in [4.78, 5) is 12.1. The summed E-state index contributed by atoms with van der Waals surface area (Å²) in [7, 11) is 0. The van der Waals surface area contributed by atoms with Crippen molar-refractivity contribution < 1.29 is 9.53 Å². The lowest BCUT2D eigenvalue weighted by Gasteiger charge is -2.28. The number of nitrogens with two attached hydrogens (primary N) is 1. The lowest BCUT2D eigenvalue weighted by atomic mass is 10.0. The number of aryl methyl sites for hydroxylation is 1. The number of carbonyl (C=O) groups is 1. The van der Waals surface area contributed by atoms with Crippen molar-refractivity contribution in [2.24, 2.45) is 5.73 Å². The minimum atomic E-state index is -1.15. The van der Waals surface area contributed by atoms with E-state index in [9.17, 15) is 4.79 Å². The number of halogens is 1. The molecule has 0 aliphatic heterocycles. The molecule has 1 unspecified atom stereocenters. The summed E-state index contributed by atoms with van der Waals surface area (Å²) < 4.78 is 6.95. The van der Waals surface area contributed by atoms with Crippen molar-refractivity contribution in [3.63, 3.8) is 0 Å². The number of hydrogen-bond acceptors (Lipinski definition) is 4. The molecule has 1 heterocycles. The van der Waals surface area contributed by atoms with E-state index in [1.807, 2.05) is 13.8 Å². The summed E-state index contributed by atoms with van der Waals surface area (Å²) in [6, 6.07) is 0. The quantitative estimate of drug-likeness (QED) is 0.865. The van der Waals surface area contributed by atoms with E-state index in [2.05, 4.69) is 5.10 Å². The number of carbonyl (C=O) groups excluding carboxylic acids is 1. The Morgan fingerprint density at radius 3 is 2.26 bits per heavy atom. The highest BCUT2D eigenvalue weighted by molar-refractivity contribution is 6.31. The van der Waals surface area contributed by atoms with Crippen molar-refractivity contribution >= 4 is 17.6 Å². The summed E-state index contributed by atoms with van der Waals surface area (Å²) in [5.41, 5.74) is 5.84. The van der Waals surface area contributed by atoms with Gasteiger partial charge in [-0.2, -0.15) is 5.10 Å². The highest BCUT2D eigenvalue weighted by Gasteiger charge is 2.34. The molecule has 0 saturated carbocycles. The number of nitrogens with zero attached hydrogens (tertiary/aromatic N) is 2. The van der Waals surface area contributed by atoms with Crippen LogP contribution in [0.15, 0.2) is 0 Å². The number of rotatable bonds is 3. The van der Waals surface area contributed by atoms with E-state index < -0.39 is 17.1 Å². The molecule has 2 N–H and O–H groups in total. The molecule has 108 valence electrons. The fourth-order valence-electron chi connectivity index (χ4n) is 1.60. The van der Waals surface area contributed by atoms with Gasteiger partial charge in [-0.05, 0) is 41.5 Å². The molecule has 6 heteroatoms. The van der Waals surface area contributed by atoms with Crippen LogP contribution in [-0.4, -0.2) is 26.9 Å². The van der Waals surface area contributed by atoms with Gasteiger partial charge in [0.15, 0.2) is 0 Å². The first-order chi connectivity index (χ1) is 8.44. The Kier molecular flexibility index (Phi) is 4.32. The Balaban J connectivity index is 2.90. The maximum absolute atomic E-state index is 12.1. The minimum absolute atomic E-state index is 0.224. The maximum atomic E-state index is 12.1. The van der Waals surface area contributed by atoms with Gasteiger partial charge in [-0.25, -0.2) is 4.79 Å². The molecule has 5 nitrogen and oxygen atoms in total. The zero-order chi connectivity index (χ0) is 15.0. The molecule has 0 radical (unpaired) electrons. The second-order valence-corrected chi connectivity index (χ2v) is 6.44. The van der Waals surface area contributed by atoms with Gasteiger partial charge in [0.1, 0.15) is 11.1 Å². The van der Waals surface area contributed by atoms with Gasteiger partial charge in [0, 0.05) is 0 Å². The van der Waals surface area contributed by atoms with E-state index in [4.69, 9.17) is 22.1 Å². The van der Waals surface area contributed by atoms with E-state index >= 15 is 0 Å². The van der Waals surface area contributed by atoms with Crippen LogP contribution in [-0.2, 0) is 16.1 Å². The van der Waals surface area contributed by atoms with Gasteiger partial charge in [0.25, 0.3) is 0 Å². The molecule has 0 aliphatic rings. The van der Waals surface area contributed by atoms with Crippen molar-refractivity contribution in [3.8, 4) is 0 Å². The van der Waals surface area contributed by atoms with Gasteiger partial charge in [-0.1, -0.05) is 11.6 Å². The minimum Gasteiger partial charge on any atom is -0.459 e. The van der Waals surface area contributed by atoms with Gasteiger partial charge >= 0.3 is 5.97 Å². The Bertz CT molecular complexity index is 487. The average molecular weight is 288 g/mol. The van der Waals surface area contributed by atoms with E-state index in [0.29, 0.717) is 5.02 Å². The molecule has 1 aromatic heterocycles. The second-order valence-electron chi connectivity index (χ2n) is 6.06. The first kappa shape index (κ1) is 16.0. The Hall–Kier alpha value is -1.07. The van der Waals surface area contributed by atoms with Crippen molar-refractivity contribution in [2.45, 2.75) is 59.2 Å². The predicted octanol–water partition coefficient (Wildman–Crippen LogP) is 2.21. The van der Waals surface area contributed by atoms with Crippen LogP contribution >= 0.6 is 11.6 Å². The van der Waals surface area contributed by atoms with E-state index in [1.165, 1.54) is 0 Å². The molecular formula is C13H22ClN3O2. The van der Waals surface area contributed by atoms with Crippen LogP contribution in [0.4, 0.5) is 0 Å². The largest absolute Gasteiger partial charge is 0.459 e. The molecule has 0 spiro atoms. The molecule has 1 atom stereocenters. The molecule has 0 aliphatic carbocycles. The normalized spacial score (nSPS) is 15.2. The molecule has 0 fully saturated rings. The molecule has 0 amide bonds. The Labute approximate surface area is 119 Å². The standard InChI is InChI=1S/C13H22ClN3O2/c1-8-10(14)9(2)17(16-8)7-13(6,15)11(18)19-12(3,4)5/h7,15H2,1-6H3. The van der Waals surface area contributed by atoms with Gasteiger partial charge < -0.3 is 10.5 Å². The molecular weight excluding hydrogens is 266 g/mol. The molecule has 19 heavy (non-hydrogen) atoms. The molecule has 1 aromatic rings. The van der Waals surface area contributed by atoms with Gasteiger partial charge in [-0.3, -0.25) is 4.68 Å². The fourth-order valence-corrected chi connectivity index (χ4v) is 1.73. The predicted molar refractivity (Wildman–Crippen MR) is 75.1 cm³/mol. The van der Waals surface area contributed by atoms with Crippen LogP contribution in [0.1, 0.15) is 39.1 Å². The Morgan fingerprint density at radius 2 is 1.89 bits per heavy atom. The highest BCUT2D eigenvalue weighted by atomic mass is 35.5. The van der Waals surface area contributed by atoms with E-state index in [-0.39, 0.29) is 6.54 Å². The first-order valence-corrected chi connectivity index (χ1v) is 6.53. The Morgan fingerprint density at radius 1 is 1.37 bits per heavy atom. The maximum Gasteiger partial charge on any atom is 0.328 e. The third kappa shape index (κ3) is 3.94. The lowest BCUT2D eigenvalue weighted by molar-refractivity contribution is -0.161. The van der Waals surface area contributed by atoms with Gasteiger partial charge in [0.05, 0.1) is 23.0 Å². The number of hydrogen-bond donors (Lipinski definition) is 1. The van der Waals surface area contributed by atoms with Crippen LogP contribution in [0.2, 0.25) is 5.02 Å². The van der Waals surface area contributed by atoms with Crippen LogP contribution in [0.5, 0.6) is 0 Å².